The maximum atomic E-state index is 4.53. The zero-order valence-corrected chi connectivity index (χ0v) is 11.0. The van der Waals surface area contributed by atoms with Gasteiger partial charge in [-0.1, -0.05) is 26.0 Å². The summed E-state index contributed by atoms with van der Waals surface area (Å²) in [6.07, 6.45) is 0. The van der Waals surface area contributed by atoms with Gasteiger partial charge in [0, 0.05) is 17.1 Å². The molecule has 0 spiro atoms. The number of rotatable bonds is 3. The van der Waals surface area contributed by atoms with Crippen LogP contribution in [-0.4, -0.2) is 12.0 Å². The Morgan fingerprint density at radius 2 is 1.88 bits per heavy atom. The van der Waals surface area contributed by atoms with Gasteiger partial charge in [0.05, 0.1) is 5.52 Å². The Bertz CT molecular complexity index is 517. The Labute approximate surface area is 103 Å². The molecule has 0 bridgehead atoms. The molecule has 1 atom stereocenters. The zero-order valence-electron chi connectivity index (χ0n) is 11.0. The summed E-state index contributed by atoms with van der Waals surface area (Å²) >= 11 is 0. The minimum Gasteiger partial charge on any atom is -0.313 e. The number of hydrogen-bond acceptors (Lipinski definition) is 2. The van der Waals surface area contributed by atoms with Gasteiger partial charge in [0.25, 0.3) is 0 Å². The topological polar surface area (TPSA) is 24.9 Å². The van der Waals surface area contributed by atoms with Crippen LogP contribution in [0.1, 0.15) is 31.1 Å². The highest BCUT2D eigenvalue weighted by molar-refractivity contribution is 5.79. The monoisotopic (exact) mass is 228 g/mol. The molecule has 2 nitrogen and oxygen atoms in total. The molecule has 0 aliphatic carbocycles. The van der Waals surface area contributed by atoms with Gasteiger partial charge in [-0.15, -0.1) is 0 Å². The summed E-state index contributed by atoms with van der Waals surface area (Å²) in [5.41, 5.74) is 3.48. The van der Waals surface area contributed by atoms with Gasteiger partial charge in [0.1, 0.15) is 0 Å². The summed E-state index contributed by atoms with van der Waals surface area (Å²) in [5.74, 6) is 0.579. The van der Waals surface area contributed by atoms with Gasteiger partial charge in [-0.3, -0.25) is 4.98 Å². The van der Waals surface area contributed by atoms with E-state index < -0.39 is 0 Å². The minimum absolute atomic E-state index is 0.403. The molecule has 2 aromatic rings. The number of hydrogen-bond donors (Lipinski definition) is 1. The zero-order chi connectivity index (χ0) is 12.4. The van der Waals surface area contributed by atoms with Gasteiger partial charge in [-0.2, -0.15) is 0 Å². The van der Waals surface area contributed by atoms with E-state index in [0.29, 0.717) is 12.0 Å². The predicted molar refractivity (Wildman–Crippen MR) is 73.1 cm³/mol. The summed E-state index contributed by atoms with van der Waals surface area (Å²) in [5, 5.41) is 4.59. The second-order valence-electron chi connectivity index (χ2n) is 4.92. The number of aromatic nitrogens is 1. The quantitative estimate of drug-likeness (QED) is 0.870. The lowest BCUT2D eigenvalue weighted by molar-refractivity contribution is 0.443. The van der Waals surface area contributed by atoms with Gasteiger partial charge in [-0.05, 0) is 43.7 Å². The fraction of sp³-hybridized carbons (Fsp3) is 0.400. The first kappa shape index (κ1) is 12.1. The van der Waals surface area contributed by atoms with Crippen LogP contribution in [0.4, 0.5) is 0 Å². The van der Waals surface area contributed by atoms with Gasteiger partial charge >= 0.3 is 0 Å². The van der Waals surface area contributed by atoms with Gasteiger partial charge in [-0.25, -0.2) is 0 Å². The molecule has 0 saturated carbocycles. The Hall–Kier alpha value is -1.41. The first-order chi connectivity index (χ1) is 8.11. The fourth-order valence-electron chi connectivity index (χ4n) is 2.32. The van der Waals surface area contributed by atoms with Crippen LogP contribution in [0, 0.1) is 12.8 Å². The summed E-state index contributed by atoms with van der Waals surface area (Å²) in [4.78, 5) is 4.53. The van der Waals surface area contributed by atoms with Gasteiger partial charge in [0.15, 0.2) is 0 Å². The molecule has 2 heteroatoms. The Morgan fingerprint density at radius 3 is 2.53 bits per heavy atom. The SMILES string of the molecule is CNC(c1ccc2nc(C)ccc2c1)C(C)C. The van der Waals surface area contributed by atoms with E-state index in [1.807, 2.05) is 14.0 Å². The van der Waals surface area contributed by atoms with Crippen molar-refractivity contribution in [1.29, 1.82) is 0 Å². The fourth-order valence-corrected chi connectivity index (χ4v) is 2.32. The second kappa shape index (κ2) is 4.84. The normalized spacial score (nSPS) is 13.2. The smallest absolute Gasteiger partial charge is 0.0705 e. The van der Waals surface area contributed by atoms with Crippen LogP contribution in [0.15, 0.2) is 30.3 Å². The Morgan fingerprint density at radius 1 is 1.12 bits per heavy atom. The largest absolute Gasteiger partial charge is 0.313 e. The van der Waals surface area contributed by atoms with Crippen LogP contribution < -0.4 is 5.32 Å². The van der Waals surface area contributed by atoms with Crippen LogP contribution in [-0.2, 0) is 0 Å². The molecule has 0 aliphatic heterocycles. The summed E-state index contributed by atoms with van der Waals surface area (Å²) in [7, 11) is 2.02. The van der Waals surface area contributed by atoms with E-state index >= 15 is 0 Å². The third-order valence-corrected chi connectivity index (χ3v) is 3.19. The standard InChI is InChI=1S/C15H20N2/c1-10(2)15(16-4)13-7-8-14-12(9-13)6-5-11(3)17-14/h5-10,15-16H,1-4H3. The third kappa shape index (κ3) is 2.47. The number of nitrogens with one attached hydrogen (secondary N) is 1. The van der Waals surface area contributed by atoms with E-state index in [-0.39, 0.29) is 0 Å². The molecule has 0 amide bonds. The predicted octanol–water partition coefficient (Wildman–Crippen LogP) is 3.46. The van der Waals surface area contributed by atoms with Gasteiger partial charge in [0.2, 0.25) is 0 Å². The van der Waals surface area contributed by atoms with Crippen molar-refractivity contribution in [2.24, 2.45) is 5.92 Å². The molecule has 0 saturated heterocycles. The van der Waals surface area contributed by atoms with E-state index in [0.717, 1.165) is 11.2 Å². The Balaban J connectivity index is 2.47. The second-order valence-corrected chi connectivity index (χ2v) is 4.92. The van der Waals surface area contributed by atoms with E-state index in [2.05, 4.69) is 54.5 Å². The minimum atomic E-state index is 0.403. The summed E-state index contributed by atoms with van der Waals surface area (Å²) < 4.78 is 0. The van der Waals surface area contributed by atoms with Crippen molar-refractivity contribution in [2.75, 3.05) is 7.05 Å². The first-order valence-electron chi connectivity index (χ1n) is 6.16. The number of fused-ring (bicyclic) bond motifs is 1. The van der Waals surface area contributed by atoms with Crippen LogP contribution in [0.3, 0.4) is 0 Å². The number of aryl methyl sites for hydroxylation is 1. The molecule has 1 unspecified atom stereocenters. The molecule has 0 radical (unpaired) electrons. The van der Waals surface area contributed by atoms with Crippen LogP contribution in [0.5, 0.6) is 0 Å². The number of benzene rings is 1. The molecule has 17 heavy (non-hydrogen) atoms. The first-order valence-corrected chi connectivity index (χ1v) is 6.16. The molecular weight excluding hydrogens is 208 g/mol. The molecule has 0 fully saturated rings. The van der Waals surface area contributed by atoms with Crippen molar-refractivity contribution < 1.29 is 0 Å². The third-order valence-electron chi connectivity index (χ3n) is 3.19. The van der Waals surface area contributed by atoms with Crippen LogP contribution in [0.2, 0.25) is 0 Å². The molecule has 1 aromatic carbocycles. The van der Waals surface area contributed by atoms with Crippen molar-refractivity contribution in [3.05, 3.63) is 41.6 Å². The molecular formula is C15H20N2. The highest BCUT2D eigenvalue weighted by Crippen LogP contribution is 2.24. The van der Waals surface area contributed by atoms with Crippen molar-refractivity contribution >= 4 is 10.9 Å². The number of nitrogens with zero attached hydrogens (tertiary/aromatic N) is 1. The lowest BCUT2D eigenvalue weighted by atomic mass is 9.95. The Kier molecular flexibility index (Phi) is 3.43. The molecule has 2 rings (SSSR count). The average Bonchev–Trinajstić information content (AvgIpc) is 2.29. The van der Waals surface area contributed by atoms with Crippen molar-refractivity contribution in [2.45, 2.75) is 26.8 Å². The highest BCUT2D eigenvalue weighted by Gasteiger charge is 2.13. The van der Waals surface area contributed by atoms with Gasteiger partial charge < -0.3 is 5.32 Å². The molecule has 90 valence electrons. The maximum absolute atomic E-state index is 4.53. The molecule has 1 heterocycles. The number of pyridine rings is 1. The summed E-state index contributed by atoms with van der Waals surface area (Å²) in [6, 6.07) is 11.1. The van der Waals surface area contributed by atoms with Crippen LogP contribution >= 0.6 is 0 Å². The highest BCUT2D eigenvalue weighted by atomic mass is 14.9. The maximum Gasteiger partial charge on any atom is 0.0705 e. The summed E-state index contributed by atoms with van der Waals surface area (Å²) in [6.45, 7) is 6.50. The average molecular weight is 228 g/mol. The lowest BCUT2D eigenvalue weighted by Gasteiger charge is -2.21. The molecule has 1 N–H and O–H groups in total. The van der Waals surface area contributed by atoms with Crippen molar-refractivity contribution in [3.8, 4) is 0 Å². The van der Waals surface area contributed by atoms with E-state index in [1.54, 1.807) is 0 Å². The molecule has 1 aromatic heterocycles. The van der Waals surface area contributed by atoms with E-state index in [1.165, 1.54) is 10.9 Å². The van der Waals surface area contributed by atoms with E-state index in [4.69, 9.17) is 0 Å². The molecule has 0 aliphatic rings. The lowest BCUT2D eigenvalue weighted by Crippen LogP contribution is -2.21. The van der Waals surface area contributed by atoms with E-state index in [9.17, 15) is 0 Å². The van der Waals surface area contributed by atoms with Crippen LogP contribution in [0.25, 0.3) is 10.9 Å². The van der Waals surface area contributed by atoms with Crippen molar-refractivity contribution in [1.82, 2.24) is 10.3 Å². The van der Waals surface area contributed by atoms with Crippen molar-refractivity contribution in [3.63, 3.8) is 0 Å².